The normalized spacial score (nSPS) is 19.7. The molecular formula is C34H33ClF4N6O5. The van der Waals surface area contributed by atoms with Crippen molar-refractivity contribution in [3.63, 3.8) is 0 Å². The number of aliphatic imine (C=N–C) groups is 1. The number of hydrogen-bond acceptors (Lipinski definition) is 7. The molecule has 0 bridgehead atoms. The Kier molecular flexibility index (Phi) is 10.2. The zero-order valence-corrected chi connectivity index (χ0v) is 28.0. The number of alkyl halides is 2. The van der Waals surface area contributed by atoms with Gasteiger partial charge in [0.2, 0.25) is 11.8 Å². The van der Waals surface area contributed by atoms with Crippen LogP contribution in [0.25, 0.3) is 0 Å². The summed E-state index contributed by atoms with van der Waals surface area (Å²) in [6, 6.07) is 5.37. The van der Waals surface area contributed by atoms with Gasteiger partial charge in [-0.1, -0.05) is 29.8 Å². The average Bonchev–Trinajstić information content (AvgIpc) is 3.01. The number of carbonyl (C=O) groups excluding carboxylic acids is 4. The molecule has 1 saturated carbocycles. The van der Waals surface area contributed by atoms with Crippen LogP contribution in [-0.4, -0.2) is 82.7 Å². The van der Waals surface area contributed by atoms with Crippen molar-refractivity contribution in [1.29, 1.82) is 5.26 Å². The molecular weight excluding hydrogens is 684 g/mol. The van der Waals surface area contributed by atoms with Crippen molar-refractivity contribution in [3.8, 4) is 6.07 Å². The van der Waals surface area contributed by atoms with Crippen molar-refractivity contribution in [2.75, 3.05) is 24.5 Å². The van der Waals surface area contributed by atoms with Crippen LogP contribution in [0.15, 0.2) is 59.1 Å². The molecule has 1 aliphatic carbocycles. The van der Waals surface area contributed by atoms with Crippen LogP contribution in [0.1, 0.15) is 51.6 Å². The zero-order valence-electron chi connectivity index (χ0n) is 27.3. The number of anilines is 1. The Morgan fingerprint density at radius 1 is 1.14 bits per heavy atom. The van der Waals surface area contributed by atoms with Crippen LogP contribution in [0.3, 0.4) is 0 Å². The SMILES string of the molecule is CC(C)(C)OC(=O)N1CC(=O)N(C2=NCCC(C#N)=C2)[C@H](C(=O)N(c2cc(F)cc(F)c2)[C@H](C(=O)NC2CC(F)(F)C2)c2ccccc2Cl)C1. The molecule has 0 spiro atoms. The number of rotatable bonds is 6. The van der Waals surface area contributed by atoms with Crippen LogP contribution in [0.2, 0.25) is 5.02 Å². The van der Waals surface area contributed by atoms with Crippen LogP contribution in [0.4, 0.5) is 28.0 Å². The lowest BCUT2D eigenvalue weighted by Gasteiger charge is -2.44. The monoisotopic (exact) mass is 716 g/mol. The molecule has 1 saturated heterocycles. The molecule has 16 heteroatoms. The Hall–Kier alpha value is -4.97. The van der Waals surface area contributed by atoms with Gasteiger partial charge in [0.1, 0.15) is 41.7 Å². The quantitative estimate of drug-likeness (QED) is 0.403. The van der Waals surface area contributed by atoms with Crippen molar-refractivity contribution in [2.24, 2.45) is 4.99 Å². The third-order valence-electron chi connectivity index (χ3n) is 8.09. The minimum absolute atomic E-state index is 0.0323. The van der Waals surface area contributed by atoms with E-state index in [0.717, 1.165) is 26.8 Å². The Balaban J connectivity index is 1.67. The summed E-state index contributed by atoms with van der Waals surface area (Å²) >= 11 is 6.53. The largest absolute Gasteiger partial charge is 0.444 e. The topological polar surface area (TPSA) is 135 Å². The number of nitrogens with zero attached hydrogens (tertiary/aromatic N) is 5. The van der Waals surface area contributed by atoms with Gasteiger partial charge in [-0.05, 0) is 45.0 Å². The van der Waals surface area contributed by atoms with E-state index in [1.807, 2.05) is 6.07 Å². The maximum absolute atomic E-state index is 15.1. The highest BCUT2D eigenvalue weighted by Gasteiger charge is 2.49. The van der Waals surface area contributed by atoms with Crippen LogP contribution in [-0.2, 0) is 19.1 Å². The number of amidine groups is 1. The number of nitrogens with one attached hydrogen (secondary N) is 1. The van der Waals surface area contributed by atoms with E-state index in [-0.39, 0.29) is 35.0 Å². The summed E-state index contributed by atoms with van der Waals surface area (Å²) in [5.41, 5.74) is -1.26. The van der Waals surface area contributed by atoms with Crippen LogP contribution in [0.5, 0.6) is 0 Å². The molecule has 2 aromatic carbocycles. The van der Waals surface area contributed by atoms with Crippen LogP contribution in [0, 0.1) is 23.0 Å². The summed E-state index contributed by atoms with van der Waals surface area (Å²) in [6.45, 7) is 3.79. The fraction of sp³-hybridized carbons (Fsp3) is 0.412. The smallest absolute Gasteiger partial charge is 0.410 e. The van der Waals surface area contributed by atoms with Crippen molar-refractivity contribution in [1.82, 2.24) is 15.1 Å². The fourth-order valence-corrected chi connectivity index (χ4v) is 6.13. The standard InChI is InChI=1S/C34H33ClF4N6O5/c1-33(2,3)50-32(49)43-17-26(45(28(46)18-43)27-10-19(16-40)8-9-41-27)31(48)44(23-12-20(36)11-21(37)13-23)29(24-6-4-5-7-25(24)35)30(47)42-22-14-34(38,39)15-22/h4-7,10-13,22,26,29H,8-9,14-15,17-18H2,1-3H3,(H,42,47)/t26-,29-/m0/s1. The van der Waals surface area contributed by atoms with E-state index in [1.54, 1.807) is 20.8 Å². The lowest BCUT2D eigenvalue weighted by Crippen LogP contribution is -2.65. The number of benzene rings is 2. The Morgan fingerprint density at radius 2 is 1.80 bits per heavy atom. The molecule has 2 aliphatic heterocycles. The van der Waals surface area contributed by atoms with Crippen molar-refractivity contribution in [3.05, 3.63) is 76.3 Å². The summed E-state index contributed by atoms with van der Waals surface area (Å²) in [5, 5.41) is 12.0. The highest BCUT2D eigenvalue weighted by Crippen LogP contribution is 2.39. The highest BCUT2D eigenvalue weighted by atomic mass is 35.5. The summed E-state index contributed by atoms with van der Waals surface area (Å²) < 4.78 is 62.8. The molecule has 2 aromatic rings. The van der Waals surface area contributed by atoms with Gasteiger partial charge in [-0.2, -0.15) is 5.26 Å². The second-order valence-electron chi connectivity index (χ2n) is 13.1. The lowest BCUT2D eigenvalue weighted by molar-refractivity contribution is -0.141. The third-order valence-corrected chi connectivity index (χ3v) is 8.44. The van der Waals surface area contributed by atoms with E-state index in [4.69, 9.17) is 16.3 Å². The first-order chi connectivity index (χ1) is 23.5. The van der Waals surface area contributed by atoms with Crippen molar-refractivity contribution >= 4 is 46.9 Å². The van der Waals surface area contributed by atoms with Gasteiger partial charge in [-0.3, -0.25) is 34.1 Å². The molecule has 11 nitrogen and oxygen atoms in total. The average molecular weight is 717 g/mol. The van der Waals surface area contributed by atoms with Crippen LogP contribution < -0.4 is 10.2 Å². The second kappa shape index (κ2) is 14.1. The van der Waals surface area contributed by atoms with E-state index in [0.29, 0.717) is 6.07 Å². The van der Waals surface area contributed by atoms with Gasteiger partial charge in [0.15, 0.2) is 0 Å². The predicted octanol–water partition coefficient (Wildman–Crippen LogP) is 5.31. The molecule has 4 amide bonds. The van der Waals surface area contributed by atoms with Gasteiger partial charge in [0.25, 0.3) is 11.8 Å². The Morgan fingerprint density at radius 3 is 2.40 bits per heavy atom. The first-order valence-corrected chi connectivity index (χ1v) is 16.0. The number of hydrogen-bond donors (Lipinski definition) is 1. The maximum atomic E-state index is 15.1. The zero-order chi connectivity index (χ0) is 36.5. The molecule has 0 unspecified atom stereocenters. The highest BCUT2D eigenvalue weighted by molar-refractivity contribution is 6.31. The molecule has 50 heavy (non-hydrogen) atoms. The van der Waals surface area contributed by atoms with E-state index in [1.165, 1.54) is 30.3 Å². The Bertz CT molecular complexity index is 1800. The molecule has 1 N–H and O–H groups in total. The number of ether oxygens (including phenoxy) is 1. The van der Waals surface area contributed by atoms with Gasteiger partial charge < -0.3 is 10.1 Å². The Labute approximate surface area is 290 Å². The second-order valence-corrected chi connectivity index (χ2v) is 13.5. The predicted molar refractivity (Wildman–Crippen MR) is 173 cm³/mol. The minimum atomic E-state index is -3.02. The number of carbonyl (C=O) groups is 4. The number of amides is 4. The van der Waals surface area contributed by atoms with E-state index in [2.05, 4.69) is 10.3 Å². The molecule has 5 rings (SSSR count). The van der Waals surface area contributed by atoms with Gasteiger partial charge in [0.05, 0.1) is 18.3 Å². The molecule has 0 aromatic heterocycles. The van der Waals surface area contributed by atoms with Gasteiger partial charge in [0, 0.05) is 54.1 Å². The molecule has 2 fully saturated rings. The number of dihydropyridines is 1. The first-order valence-electron chi connectivity index (χ1n) is 15.6. The molecule has 2 atom stereocenters. The molecule has 3 aliphatic rings. The first kappa shape index (κ1) is 36.3. The van der Waals surface area contributed by atoms with Gasteiger partial charge >= 0.3 is 6.09 Å². The molecule has 2 heterocycles. The van der Waals surface area contributed by atoms with E-state index >= 15 is 4.79 Å². The summed E-state index contributed by atoms with van der Waals surface area (Å²) in [4.78, 5) is 63.3. The summed E-state index contributed by atoms with van der Waals surface area (Å²) in [7, 11) is 0. The number of halogens is 5. The van der Waals surface area contributed by atoms with Gasteiger partial charge in [-0.25, -0.2) is 22.4 Å². The van der Waals surface area contributed by atoms with Crippen LogP contribution >= 0.6 is 11.6 Å². The summed E-state index contributed by atoms with van der Waals surface area (Å²) in [5.74, 6) is -8.29. The fourth-order valence-electron chi connectivity index (χ4n) is 5.89. The summed E-state index contributed by atoms with van der Waals surface area (Å²) in [6.07, 6.45) is -0.739. The number of nitriles is 1. The third kappa shape index (κ3) is 8.07. The maximum Gasteiger partial charge on any atom is 0.410 e. The van der Waals surface area contributed by atoms with Crippen molar-refractivity contribution < 1.29 is 41.5 Å². The lowest BCUT2D eigenvalue weighted by atomic mass is 9.87. The van der Waals surface area contributed by atoms with Gasteiger partial charge in [-0.15, -0.1) is 0 Å². The molecule has 264 valence electrons. The molecule has 0 radical (unpaired) electrons. The minimum Gasteiger partial charge on any atom is -0.444 e. The van der Waals surface area contributed by atoms with E-state index < -0.39 is 96.7 Å². The van der Waals surface area contributed by atoms with Crippen molar-refractivity contribution in [2.45, 2.75) is 69.7 Å². The number of piperazine rings is 1. The van der Waals surface area contributed by atoms with E-state index in [9.17, 15) is 37.2 Å².